The van der Waals surface area contributed by atoms with Crippen molar-refractivity contribution in [3.8, 4) is 0 Å². The van der Waals surface area contributed by atoms with Crippen LogP contribution in [0.1, 0.15) is 6.92 Å². The molecule has 0 unspecified atom stereocenters. The average Bonchev–Trinajstić information content (AvgIpc) is 2.69. The molecule has 0 radical (unpaired) electrons. The lowest BCUT2D eigenvalue weighted by Gasteiger charge is -2.35. The summed E-state index contributed by atoms with van der Waals surface area (Å²) < 4.78 is 0. The van der Waals surface area contributed by atoms with Crippen molar-refractivity contribution in [2.24, 2.45) is 0 Å². The summed E-state index contributed by atoms with van der Waals surface area (Å²) in [6.45, 7) is 7.74. The fourth-order valence-corrected chi connectivity index (χ4v) is 3.25. The van der Waals surface area contributed by atoms with Crippen LogP contribution in [0.2, 0.25) is 0 Å². The van der Waals surface area contributed by atoms with E-state index in [2.05, 4.69) is 61.3 Å². The number of pyridine rings is 1. The van der Waals surface area contributed by atoms with Gasteiger partial charge < -0.3 is 15.1 Å². The molecule has 6 nitrogen and oxygen atoms in total. The number of hydrogen-bond acceptors (Lipinski definition) is 6. The first kappa shape index (κ1) is 15.8. The predicted molar refractivity (Wildman–Crippen MR) is 101 cm³/mol. The summed E-state index contributed by atoms with van der Waals surface area (Å²) in [6.07, 6.45) is 5.09. The second-order valence-corrected chi connectivity index (χ2v) is 6.21. The van der Waals surface area contributed by atoms with Crippen LogP contribution in [0.15, 0.2) is 49.1 Å². The predicted octanol–water partition coefficient (Wildman–Crippen LogP) is 2.91. The Kier molecular flexibility index (Phi) is 4.43. The first-order chi connectivity index (χ1) is 12.3. The van der Waals surface area contributed by atoms with Gasteiger partial charge in [-0.05, 0) is 30.8 Å². The number of nitrogens with zero attached hydrogens (tertiary/aromatic N) is 5. The molecule has 1 saturated heterocycles. The molecule has 6 heteroatoms. The minimum Gasteiger partial charge on any atom is -0.369 e. The molecule has 128 valence electrons. The van der Waals surface area contributed by atoms with E-state index in [4.69, 9.17) is 0 Å². The summed E-state index contributed by atoms with van der Waals surface area (Å²) in [7, 11) is 0. The van der Waals surface area contributed by atoms with Gasteiger partial charge in [0.15, 0.2) is 0 Å². The maximum absolute atomic E-state index is 4.40. The topological polar surface area (TPSA) is 57.2 Å². The molecular formula is C19H22N6. The van der Waals surface area contributed by atoms with Gasteiger partial charge in [0.05, 0.1) is 11.7 Å². The average molecular weight is 334 g/mol. The Morgan fingerprint density at radius 3 is 2.80 bits per heavy atom. The summed E-state index contributed by atoms with van der Waals surface area (Å²) in [5.74, 6) is 0.806. The van der Waals surface area contributed by atoms with E-state index in [1.807, 2.05) is 6.07 Å². The maximum Gasteiger partial charge on any atom is 0.141 e. The molecule has 1 aliphatic rings. The minimum atomic E-state index is 0.806. The zero-order valence-corrected chi connectivity index (χ0v) is 14.4. The van der Waals surface area contributed by atoms with Crippen LogP contribution in [-0.4, -0.2) is 52.6 Å². The van der Waals surface area contributed by atoms with Gasteiger partial charge in [0.2, 0.25) is 0 Å². The Morgan fingerprint density at radius 1 is 1.08 bits per heavy atom. The molecule has 25 heavy (non-hydrogen) atoms. The monoisotopic (exact) mass is 334 g/mol. The number of benzene rings is 1. The molecule has 1 aliphatic heterocycles. The summed E-state index contributed by atoms with van der Waals surface area (Å²) in [4.78, 5) is 17.7. The van der Waals surface area contributed by atoms with Crippen LogP contribution >= 0.6 is 0 Å². The van der Waals surface area contributed by atoms with Crippen LogP contribution in [0.3, 0.4) is 0 Å². The number of likely N-dealkylation sites (N-methyl/N-ethyl adjacent to an activating group) is 1. The van der Waals surface area contributed by atoms with E-state index < -0.39 is 0 Å². The number of aromatic nitrogens is 3. The van der Waals surface area contributed by atoms with Gasteiger partial charge in [0.1, 0.15) is 12.1 Å². The van der Waals surface area contributed by atoms with E-state index in [1.165, 1.54) is 5.69 Å². The van der Waals surface area contributed by atoms with Gasteiger partial charge in [0, 0.05) is 49.1 Å². The molecule has 3 heterocycles. The van der Waals surface area contributed by atoms with Crippen molar-refractivity contribution in [2.45, 2.75) is 6.92 Å². The molecule has 1 fully saturated rings. The standard InChI is InChI=1S/C19H22N6/c1-2-24-8-10-25(11-9-24)16-5-3-4-15(12-16)23-19-17-6-7-20-13-18(17)21-14-22-19/h3-7,12-14H,2,8-11H2,1H3,(H,21,22,23). The van der Waals surface area contributed by atoms with E-state index in [0.29, 0.717) is 0 Å². The Morgan fingerprint density at radius 2 is 1.96 bits per heavy atom. The van der Waals surface area contributed by atoms with Crippen LogP contribution in [0.4, 0.5) is 17.2 Å². The smallest absolute Gasteiger partial charge is 0.141 e. The highest BCUT2D eigenvalue weighted by Crippen LogP contribution is 2.25. The lowest BCUT2D eigenvalue weighted by Crippen LogP contribution is -2.46. The fourth-order valence-electron chi connectivity index (χ4n) is 3.25. The third-order valence-corrected chi connectivity index (χ3v) is 4.73. The molecule has 0 bridgehead atoms. The molecule has 4 rings (SSSR count). The Labute approximate surface area is 147 Å². The number of piperazine rings is 1. The van der Waals surface area contributed by atoms with Crippen molar-refractivity contribution >= 4 is 28.1 Å². The van der Waals surface area contributed by atoms with Gasteiger partial charge in [0.25, 0.3) is 0 Å². The molecule has 0 spiro atoms. The number of rotatable bonds is 4. The van der Waals surface area contributed by atoms with Crippen molar-refractivity contribution in [3.63, 3.8) is 0 Å². The van der Waals surface area contributed by atoms with E-state index in [9.17, 15) is 0 Å². The second-order valence-electron chi connectivity index (χ2n) is 6.21. The van der Waals surface area contributed by atoms with Gasteiger partial charge in [-0.15, -0.1) is 0 Å². The van der Waals surface area contributed by atoms with Crippen LogP contribution in [0, 0.1) is 0 Å². The molecule has 0 aliphatic carbocycles. The Hall–Kier alpha value is -2.73. The number of hydrogen-bond donors (Lipinski definition) is 1. The molecule has 0 saturated carbocycles. The molecular weight excluding hydrogens is 312 g/mol. The van der Waals surface area contributed by atoms with E-state index in [1.54, 1.807) is 18.7 Å². The fraction of sp³-hybridized carbons (Fsp3) is 0.316. The van der Waals surface area contributed by atoms with Crippen LogP contribution in [0.5, 0.6) is 0 Å². The lowest BCUT2D eigenvalue weighted by molar-refractivity contribution is 0.271. The molecule has 0 amide bonds. The molecule has 1 aromatic carbocycles. The first-order valence-corrected chi connectivity index (χ1v) is 8.72. The molecule has 1 N–H and O–H groups in total. The van der Waals surface area contributed by atoms with E-state index in [0.717, 1.165) is 55.1 Å². The third-order valence-electron chi connectivity index (χ3n) is 4.73. The second kappa shape index (κ2) is 7.03. The third kappa shape index (κ3) is 3.39. The minimum absolute atomic E-state index is 0.806. The maximum atomic E-state index is 4.40. The lowest BCUT2D eigenvalue weighted by atomic mass is 10.2. The quantitative estimate of drug-likeness (QED) is 0.792. The van der Waals surface area contributed by atoms with Crippen molar-refractivity contribution in [1.29, 1.82) is 0 Å². The summed E-state index contributed by atoms with van der Waals surface area (Å²) in [5.41, 5.74) is 3.12. The SMILES string of the molecule is CCN1CCN(c2cccc(Nc3ncnc4cnccc34)c2)CC1. The highest BCUT2D eigenvalue weighted by Gasteiger charge is 2.16. The van der Waals surface area contributed by atoms with Crippen molar-refractivity contribution < 1.29 is 0 Å². The van der Waals surface area contributed by atoms with Gasteiger partial charge in [-0.3, -0.25) is 4.98 Å². The van der Waals surface area contributed by atoms with E-state index >= 15 is 0 Å². The number of anilines is 3. The largest absolute Gasteiger partial charge is 0.369 e. The summed E-state index contributed by atoms with van der Waals surface area (Å²) >= 11 is 0. The molecule has 3 aromatic rings. The van der Waals surface area contributed by atoms with E-state index in [-0.39, 0.29) is 0 Å². The van der Waals surface area contributed by atoms with Crippen LogP contribution in [-0.2, 0) is 0 Å². The van der Waals surface area contributed by atoms with Gasteiger partial charge in [-0.25, -0.2) is 9.97 Å². The summed E-state index contributed by atoms with van der Waals surface area (Å²) in [6, 6.07) is 10.5. The van der Waals surface area contributed by atoms with Crippen molar-refractivity contribution in [1.82, 2.24) is 19.9 Å². The van der Waals surface area contributed by atoms with Crippen LogP contribution in [0.25, 0.3) is 10.9 Å². The number of nitrogens with one attached hydrogen (secondary N) is 1. The van der Waals surface area contributed by atoms with Crippen molar-refractivity contribution in [3.05, 3.63) is 49.1 Å². The van der Waals surface area contributed by atoms with Gasteiger partial charge in [-0.1, -0.05) is 13.0 Å². The van der Waals surface area contributed by atoms with Gasteiger partial charge in [-0.2, -0.15) is 0 Å². The van der Waals surface area contributed by atoms with Gasteiger partial charge >= 0.3 is 0 Å². The Balaban J connectivity index is 1.55. The van der Waals surface area contributed by atoms with Crippen LogP contribution < -0.4 is 10.2 Å². The number of fused-ring (bicyclic) bond motifs is 1. The van der Waals surface area contributed by atoms with Crippen molar-refractivity contribution in [2.75, 3.05) is 42.9 Å². The highest BCUT2D eigenvalue weighted by molar-refractivity contribution is 5.90. The highest BCUT2D eigenvalue weighted by atomic mass is 15.3. The Bertz CT molecular complexity index is 852. The zero-order valence-electron chi connectivity index (χ0n) is 14.4. The molecule has 2 aromatic heterocycles. The summed E-state index contributed by atoms with van der Waals surface area (Å²) in [5, 5.41) is 4.40. The zero-order chi connectivity index (χ0) is 17.1. The molecule has 0 atom stereocenters. The first-order valence-electron chi connectivity index (χ1n) is 8.72. The normalized spacial score (nSPS) is 15.5.